The second-order valence-electron chi connectivity index (χ2n) is 6.78. The summed E-state index contributed by atoms with van der Waals surface area (Å²) in [6.07, 6.45) is -0.938. The first-order valence-corrected chi connectivity index (χ1v) is 9.46. The van der Waals surface area contributed by atoms with Crippen molar-refractivity contribution in [1.82, 2.24) is 16.0 Å². The molecule has 4 atom stereocenters. The topological polar surface area (TPSA) is 228 Å². The van der Waals surface area contributed by atoms with Crippen molar-refractivity contribution in [2.75, 3.05) is 13.2 Å². The lowest BCUT2D eigenvalue weighted by atomic mass is 10.1. The fraction of sp³-hybridized carbons (Fsp3) is 0.421. The minimum absolute atomic E-state index is 0.0647. The highest BCUT2D eigenvalue weighted by atomic mass is 16.4. The van der Waals surface area contributed by atoms with Crippen LogP contribution in [0.25, 0.3) is 0 Å². The van der Waals surface area contributed by atoms with E-state index >= 15 is 0 Å². The molecule has 0 heterocycles. The van der Waals surface area contributed by atoms with Gasteiger partial charge in [-0.3, -0.25) is 19.2 Å². The Morgan fingerprint density at radius 3 is 1.81 bits per heavy atom. The molecule has 13 heteroatoms. The predicted molar refractivity (Wildman–Crippen MR) is 108 cm³/mol. The zero-order valence-corrected chi connectivity index (χ0v) is 16.9. The van der Waals surface area contributed by atoms with Crippen molar-refractivity contribution in [2.24, 2.45) is 5.73 Å². The Balaban J connectivity index is 2.86. The van der Waals surface area contributed by atoms with Gasteiger partial charge in [0.25, 0.3) is 0 Å². The molecule has 4 unspecified atom stereocenters. The summed E-state index contributed by atoms with van der Waals surface area (Å²) in [6.45, 7) is -1.69. The van der Waals surface area contributed by atoms with E-state index in [4.69, 9.17) is 15.9 Å². The third-order valence-electron chi connectivity index (χ3n) is 4.26. The molecule has 1 aromatic carbocycles. The zero-order valence-electron chi connectivity index (χ0n) is 16.9. The average Bonchev–Trinajstić information content (AvgIpc) is 2.75. The number of hydrogen-bond donors (Lipinski definition) is 8. The summed E-state index contributed by atoms with van der Waals surface area (Å²) in [7, 11) is 0. The van der Waals surface area contributed by atoms with Gasteiger partial charge < -0.3 is 42.1 Å². The fourth-order valence-corrected chi connectivity index (χ4v) is 2.53. The first-order valence-electron chi connectivity index (χ1n) is 9.46. The maximum Gasteiger partial charge on any atom is 0.326 e. The van der Waals surface area contributed by atoms with Crippen molar-refractivity contribution < 1.29 is 44.4 Å². The second-order valence-corrected chi connectivity index (χ2v) is 6.78. The molecule has 0 aliphatic carbocycles. The number of carboxylic acids is 2. The first-order chi connectivity index (χ1) is 15.1. The molecule has 0 bridgehead atoms. The van der Waals surface area contributed by atoms with E-state index in [0.717, 1.165) is 0 Å². The standard InChI is InChI=1S/C19H26N4O9/c20-11(8-24)16(28)21-12(7-15(26)27)17(29)23-14(9-25)18(30)22-13(19(31)32)6-10-4-2-1-3-5-10/h1-5,11-14,24-25H,6-9,20H2,(H,21,28)(H,22,30)(H,23,29)(H,26,27)(H,31,32). The van der Waals surface area contributed by atoms with Gasteiger partial charge in [0, 0.05) is 6.42 Å². The van der Waals surface area contributed by atoms with Gasteiger partial charge in [0.05, 0.1) is 19.6 Å². The SMILES string of the molecule is NC(CO)C(=O)NC(CC(=O)O)C(=O)NC(CO)C(=O)NC(Cc1ccccc1)C(=O)O. The van der Waals surface area contributed by atoms with Crippen LogP contribution in [0.3, 0.4) is 0 Å². The van der Waals surface area contributed by atoms with Gasteiger partial charge in [-0.15, -0.1) is 0 Å². The zero-order chi connectivity index (χ0) is 24.3. The molecule has 32 heavy (non-hydrogen) atoms. The smallest absolute Gasteiger partial charge is 0.326 e. The largest absolute Gasteiger partial charge is 0.481 e. The van der Waals surface area contributed by atoms with Crippen molar-refractivity contribution in [3.05, 3.63) is 35.9 Å². The van der Waals surface area contributed by atoms with Crippen LogP contribution >= 0.6 is 0 Å². The van der Waals surface area contributed by atoms with E-state index in [1.807, 2.05) is 5.32 Å². The number of carboxylic acid groups (broad SMARTS) is 2. The van der Waals surface area contributed by atoms with Crippen LogP contribution < -0.4 is 21.7 Å². The molecule has 0 radical (unpaired) electrons. The number of hydrogen-bond acceptors (Lipinski definition) is 8. The second kappa shape index (κ2) is 13.0. The number of nitrogens with two attached hydrogens (primary N) is 1. The van der Waals surface area contributed by atoms with Gasteiger partial charge in [-0.25, -0.2) is 4.79 Å². The maximum absolute atomic E-state index is 12.4. The van der Waals surface area contributed by atoms with Gasteiger partial charge in [-0.2, -0.15) is 0 Å². The van der Waals surface area contributed by atoms with E-state index in [9.17, 15) is 34.2 Å². The van der Waals surface area contributed by atoms with E-state index in [2.05, 4.69) is 10.6 Å². The third-order valence-corrected chi connectivity index (χ3v) is 4.26. The highest BCUT2D eigenvalue weighted by Crippen LogP contribution is 2.04. The Labute approximate surface area is 182 Å². The lowest BCUT2D eigenvalue weighted by Crippen LogP contribution is -2.58. The van der Waals surface area contributed by atoms with E-state index in [1.165, 1.54) is 0 Å². The molecule has 13 nitrogen and oxygen atoms in total. The van der Waals surface area contributed by atoms with Crippen molar-refractivity contribution in [1.29, 1.82) is 0 Å². The highest BCUT2D eigenvalue weighted by Gasteiger charge is 2.31. The Kier molecular flexibility index (Phi) is 10.8. The van der Waals surface area contributed by atoms with Crippen LogP contribution in [0.5, 0.6) is 0 Å². The molecule has 1 aromatic rings. The van der Waals surface area contributed by atoms with E-state index in [1.54, 1.807) is 30.3 Å². The molecule has 0 aliphatic heterocycles. The number of amides is 3. The Morgan fingerprint density at radius 2 is 1.31 bits per heavy atom. The fourth-order valence-electron chi connectivity index (χ4n) is 2.53. The van der Waals surface area contributed by atoms with Crippen molar-refractivity contribution in [3.63, 3.8) is 0 Å². The van der Waals surface area contributed by atoms with Crippen LogP contribution in [-0.2, 0) is 30.4 Å². The third kappa shape index (κ3) is 8.67. The molecule has 0 spiro atoms. The molecule has 0 saturated heterocycles. The minimum atomic E-state index is -1.67. The Bertz CT molecular complexity index is 818. The molecular formula is C19H26N4O9. The van der Waals surface area contributed by atoms with Gasteiger partial charge in [0.15, 0.2) is 0 Å². The summed E-state index contributed by atoms with van der Waals surface area (Å²) in [5.41, 5.74) is 5.94. The minimum Gasteiger partial charge on any atom is -0.481 e. The molecular weight excluding hydrogens is 428 g/mol. The van der Waals surface area contributed by atoms with Gasteiger partial charge >= 0.3 is 11.9 Å². The summed E-state index contributed by atoms with van der Waals surface area (Å²) in [5.74, 6) is -5.97. The molecule has 0 aromatic heterocycles. The Hall–Kier alpha value is -3.55. The highest BCUT2D eigenvalue weighted by molar-refractivity contribution is 5.95. The summed E-state index contributed by atoms with van der Waals surface area (Å²) in [6, 6.07) is 2.35. The van der Waals surface area contributed by atoms with Gasteiger partial charge in [0.2, 0.25) is 17.7 Å². The molecule has 0 aliphatic rings. The Morgan fingerprint density at radius 1 is 0.781 bits per heavy atom. The first kappa shape index (κ1) is 26.5. The average molecular weight is 454 g/mol. The van der Waals surface area contributed by atoms with Crippen LogP contribution in [0.4, 0.5) is 0 Å². The van der Waals surface area contributed by atoms with Crippen LogP contribution in [0.2, 0.25) is 0 Å². The molecule has 0 saturated carbocycles. The number of rotatable bonds is 13. The number of carbonyl (C=O) groups excluding carboxylic acids is 3. The molecule has 0 fully saturated rings. The van der Waals surface area contributed by atoms with Gasteiger partial charge in [-0.05, 0) is 5.56 Å². The number of nitrogens with one attached hydrogen (secondary N) is 3. The van der Waals surface area contributed by atoms with Crippen molar-refractivity contribution >= 4 is 29.7 Å². The quantitative estimate of drug-likeness (QED) is 0.147. The molecule has 9 N–H and O–H groups in total. The summed E-state index contributed by atoms with van der Waals surface area (Å²) < 4.78 is 0. The van der Waals surface area contributed by atoms with Crippen LogP contribution in [0, 0.1) is 0 Å². The van der Waals surface area contributed by atoms with Gasteiger partial charge in [0.1, 0.15) is 24.2 Å². The number of aliphatic hydroxyl groups excluding tert-OH is 2. The van der Waals surface area contributed by atoms with E-state index in [0.29, 0.717) is 5.56 Å². The summed E-state index contributed by atoms with van der Waals surface area (Å²) in [5, 5.41) is 43.0. The monoisotopic (exact) mass is 454 g/mol. The molecule has 176 valence electrons. The molecule has 1 rings (SSSR count). The predicted octanol–water partition coefficient (Wildman–Crippen LogP) is -3.45. The van der Waals surface area contributed by atoms with Crippen LogP contribution in [0.15, 0.2) is 30.3 Å². The van der Waals surface area contributed by atoms with Crippen LogP contribution in [-0.4, -0.2) is 87.5 Å². The summed E-state index contributed by atoms with van der Waals surface area (Å²) in [4.78, 5) is 59.1. The lowest BCUT2D eigenvalue weighted by molar-refractivity contribution is -0.143. The van der Waals surface area contributed by atoms with Gasteiger partial charge in [-0.1, -0.05) is 30.3 Å². The molecule has 3 amide bonds. The van der Waals surface area contributed by atoms with Crippen LogP contribution in [0.1, 0.15) is 12.0 Å². The number of aliphatic carboxylic acids is 2. The van der Waals surface area contributed by atoms with E-state index < -0.39 is 73.5 Å². The number of aliphatic hydroxyl groups is 2. The normalized spacial score (nSPS) is 14.3. The summed E-state index contributed by atoms with van der Waals surface area (Å²) >= 11 is 0. The lowest BCUT2D eigenvalue weighted by Gasteiger charge is -2.23. The number of carbonyl (C=O) groups is 5. The number of benzene rings is 1. The maximum atomic E-state index is 12.4. The van der Waals surface area contributed by atoms with E-state index in [-0.39, 0.29) is 6.42 Å². The van der Waals surface area contributed by atoms with Crippen molar-refractivity contribution in [3.8, 4) is 0 Å². The van der Waals surface area contributed by atoms with Crippen molar-refractivity contribution in [2.45, 2.75) is 37.0 Å².